The van der Waals surface area contributed by atoms with Crippen LogP contribution in [0, 0.1) is 11.8 Å². The highest BCUT2D eigenvalue weighted by Crippen LogP contribution is 2.11. The summed E-state index contributed by atoms with van der Waals surface area (Å²) >= 11 is 0. The van der Waals surface area contributed by atoms with Crippen LogP contribution in [0.4, 0.5) is 0 Å². The second-order valence-corrected chi connectivity index (χ2v) is 7.99. The average molecular weight is 327 g/mol. The summed E-state index contributed by atoms with van der Waals surface area (Å²) in [6.07, 6.45) is 0. The van der Waals surface area contributed by atoms with Crippen molar-refractivity contribution in [2.45, 2.75) is 44.7 Å². The fourth-order valence-electron chi connectivity index (χ4n) is 2.15. The van der Waals surface area contributed by atoms with E-state index < -0.39 is 10.0 Å². The topological polar surface area (TPSA) is 84.2 Å². The van der Waals surface area contributed by atoms with E-state index in [1.54, 1.807) is 30.3 Å². The lowest BCUT2D eigenvalue weighted by Crippen LogP contribution is -2.50. The molecule has 22 heavy (non-hydrogen) atoms. The highest BCUT2D eigenvalue weighted by molar-refractivity contribution is 7.89. The average Bonchev–Trinajstić information content (AvgIpc) is 2.47. The largest absolute Gasteiger partial charge is 0.329 e. The second-order valence-electron chi connectivity index (χ2n) is 6.28. The minimum absolute atomic E-state index is 0.177. The molecule has 1 rings (SSSR count). The van der Waals surface area contributed by atoms with Crippen LogP contribution in [0.2, 0.25) is 0 Å². The maximum atomic E-state index is 12.4. The first-order valence-electron chi connectivity index (χ1n) is 7.78. The van der Waals surface area contributed by atoms with Crippen LogP contribution in [0.1, 0.15) is 27.7 Å². The number of nitrogens with one attached hydrogen (secondary N) is 2. The van der Waals surface area contributed by atoms with Crippen LogP contribution in [0.15, 0.2) is 35.2 Å². The summed E-state index contributed by atoms with van der Waals surface area (Å²) < 4.78 is 27.7. The Morgan fingerprint density at radius 1 is 1.00 bits per heavy atom. The van der Waals surface area contributed by atoms with E-state index >= 15 is 0 Å². The molecule has 0 amide bonds. The van der Waals surface area contributed by atoms with Crippen molar-refractivity contribution < 1.29 is 8.42 Å². The van der Waals surface area contributed by atoms with Crippen molar-refractivity contribution in [1.29, 1.82) is 0 Å². The van der Waals surface area contributed by atoms with Gasteiger partial charge in [0, 0.05) is 25.2 Å². The normalized spacial score (nSPS) is 15.2. The molecule has 0 aliphatic rings. The van der Waals surface area contributed by atoms with Crippen molar-refractivity contribution in [2.24, 2.45) is 17.6 Å². The van der Waals surface area contributed by atoms with Gasteiger partial charge in [0.25, 0.3) is 0 Å². The van der Waals surface area contributed by atoms with Gasteiger partial charge < -0.3 is 11.1 Å². The van der Waals surface area contributed by atoms with Crippen molar-refractivity contribution >= 4 is 10.0 Å². The molecular weight excluding hydrogens is 298 g/mol. The fraction of sp³-hybridized carbons (Fsp3) is 0.625. The molecule has 5 nitrogen and oxygen atoms in total. The zero-order valence-corrected chi connectivity index (χ0v) is 14.7. The summed E-state index contributed by atoms with van der Waals surface area (Å²) in [5, 5.41) is 3.37. The minimum atomic E-state index is -3.50. The number of hydrogen-bond acceptors (Lipinski definition) is 4. The first-order valence-corrected chi connectivity index (χ1v) is 9.27. The monoisotopic (exact) mass is 327 g/mol. The number of sulfonamides is 1. The quantitative estimate of drug-likeness (QED) is 0.643. The van der Waals surface area contributed by atoms with E-state index in [1.165, 1.54) is 0 Å². The molecule has 0 aliphatic heterocycles. The van der Waals surface area contributed by atoms with Crippen LogP contribution in [-0.2, 0) is 10.0 Å². The lowest BCUT2D eigenvalue weighted by atomic mass is 10.0. The Bertz CT molecular complexity index is 530. The van der Waals surface area contributed by atoms with Crippen molar-refractivity contribution in [3.8, 4) is 0 Å². The summed E-state index contributed by atoms with van der Waals surface area (Å²) in [4.78, 5) is 0.292. The van der Waals surface area contributed by atoms with Crippen LogP contribution in [0.3, 0.4) is 0 Å². The Morgan fingerprint density at radius 3 is 2.00 bits per heavy atom. The molecule has 0 bridgehead atoms. The van der Waals surface area contributed by atoms with Gasteiger partial charge in [-0.15, -0.1) is 0 Å². The lowest BCUT2D eigenvalue weighted by Gasteiger charge is -2.27. The third kappa shape index (κ3) is 5.68. The van der Waals surface area contributed by atoms with Gasteiger partial charge in [-0.25, -0.2) is 13.1 Å². The Labute approximate surface area is 134 Å². The van der Waals surface area contributed by atoms with Crippen LogP contribution in [0.25, 0.3) is 0 Å². The molecule has 0 saturated carbocycles. The second kappa shape index (κ2) is 8.62. The summed E-state index contributed by atoms with van der Waals surface area (Å²) in [6, 6.07) is 8.45. The zero-order valence-electron chi connectivity index (χ0n) is 13.9. The Kier molecular flexibility index (Phi) is 7.48. The summed E-state index contributed by atoms with van der Waals surface area (Å²) in [5.41, 5.74) is 5.75. The summed E-state index contributed by atoms with van der Waals surface area (Å²) in [5.74, 6) is 0.583. The van der Waals surface area contributed by atoms with Crippen molar-refractivity contribution in [2.75, 3.05) is 13.1 Å². The highest BCUT2D eigenvalue weighted by atomic mass is 32.2. The molecule has 0 aromatic heterocycles. The van der Waals surface area contributed by atoms with Crippen molar-refractivity contribution in [1.82, 2.24) is 10.0 Å². The van der Waals surface area contributed by atoms with Crippen molar-refractivity contribution in [3.05, 3.63) is 30.3 Å². The molecule has 126 valence electrons. The molecule has 0 heterocycles. The number of hydrogen-bond donors (Lipinski definition) is 3. The van der Waals surface area contributed by atoms with E-state index in [0.29, 0.717) is 23.9 Å². The molecule has 0 fully saturated rings. The number of rotatable bonds is 9. The van der Waals surface area contributed by atoms with Crippen LogP contribution in [0.5, 0.6) is 0 Å². The SMILES string of the molecule is CC(C)[C@H](CN)NC[C@@H](NS(=O)(=O)c1ccccc1)C(C)C. The van der Waals surface area contributed by atoms with E-state index in [4.69, 9.17) is 5.73 Å². The first-order chi connectivity index (χ1) is 10.3. The first kappa shape index (κ1) is 19.1. The van der Waals surface area contributed by atoms with Crippen LogP contribution >= 0.6 is 0 Å². The molecule has 0 aliphatic carbocycles. The lowest BCUT2D eigenvalue weighted by molar-refractivity contribution is 0.354. The molecule has 4 N–H and O–H groups in total. The molecule has 2 atom stereocenters. The maximum Gasteiger partial charge on any atom is 0.240 e. The van der Waals surface area contributed by atoms with E-state index in [1.807, 2.05) is 13.8 Å². The summed E-state index contributed by atoms with van der Waals surface area (Å²) in [7, 11) is -3.50. The fourth-order valence-corrected chi connectivity index (χ4v) is 3.56. The van der Waals surface area contributed by atoms with Crippen LogP contribution < -0.4 is 15.8 Å². The van der Waals surface area contributed by atoms with E-state index in [-0.39, 0.29) is 18.0 Å². The van der Waals surface area contributed by atoms with Crippen molar-refractivity contribution in [3.63, 3.8) is 0 Å². The van der Waals surface area contributed by atoms with Gasteiger partial charge in [0.1, 0.15) is 0 Å². The number of benzene rings is 1. The zero-order chi connectivity index (χ0) is 16.8. The molecule has 0 unspecified atom stereocenters. The number of nitrogens with two attached hydrogens (primary N) is 1. The summed E-state index contributed by atoms with van der Waals surface area (Å²) in [6.45, 7) is 9.31. The van der Waals surface area contributed by atoms with Gasteiger partial charge >= 0.3 is 0 Å². The molecule has 0 radical (unpaired) electrons. The van der Waals surface area contributed by atoms with Gasteiger partial charge in [0.05, 0.1) is 4.90 Å². The van der Waals surface area contributed by atoms with Crippen LogP contribution in [-0.4, -0.2) is 33.6 Å². The van der Waals surface area contributed by atoms with E-state index in [0.717, 1.165) is 0 Å². The Hall–Kier alpha value is -0.950. The van der Waals surface area contributed by atoms with E-state index in [2.05, 4.69) is 23.9 Å². The van der Waals surface area contributed by atoms with Gasteiger partial charge in [0.15, 0.2) is 0 Å². The predicted octanol–water partition coefficient (Wildman–Crippen LogP) is 1.56. The molecule has 1 aromatic rings. The third-order valence-corrected chi connectivity index (χ3v) is 5.33. The van der Waals surface area contributed by atoms with Gasteiger partial charge in [-0.2, -0.15) is 0 Å². The minimum Gasteiger partial charge on any atom is -0.329 e. The molecule has 1 aromatic carbocycles. The Morgan fingerprint density at radius 2 is 1.55 bits per heavy atom. The third-order valence-electron chi connectivity index (χ3n) is 3.82. The molecule has 6 heteroatoms. The predicted molar refractivity (Wildman–Crippen MR) is 91.1 cm³/mol. The van der Waals surface area contributed by atoms with Gasteiger partial charge in [-0.05, 0) is 24.0 Å². The van der Waals surface area contributed by atoms with E-state index in [9.17, 15) is 8.42 Å². The van der Waals surface area contributed by atoms with Gasteiger partial charge in [-0.1, -0.05) is 45.9 Å². The molecule has 0 saturated heterocycles. The molecular formula is C16H29N3O2S. The van der Waals surface area contributed by atoms with Gasteiger partial charge in [0.2, 0.25) is 10.0 Å². The maximum absolute atomic E-state index is 12.4. The highest BCUT2D eigenvalue weighted by Gasteiger charge is 2.23. The Balaban J connectivity index is 2.76. The molecule has 0 spiro atoms. The standard InChI is InChI=1S/C16H29N3O2S/c1-12(2)15(10-17)18-11-16(13(3)4)19-22(20,21)14-8-6-5-7-9-14/h5-9,12-13,15-16,18-19H,10-11,17H2,1-4H3/t15-,16+/m0/s1. The smallest absolute Gasteiger partial charge is 0.240 e. The van der Waals surface area contributed by atoms with Gasteiger partial charge in [-0.3, -0.25) is 0 Å².